The van der Waals surface area contributed by atoms with Gasteiger partial charge in [-0.1, -0.05) is 6.92 Å². The van der Waals surface area contributed by atoms with Crippen LogP contribution in [0.2, 0.25) is 0 Å². The first-order valence-electron chi connectivity index (χ1n) is 5.95. The van der Waals surface area contributed by atoms with E-state index < -0.39 is 0 Å². The van der Waals surface area contributed by atoms with Crippen molar-refractivity contribution in [2.75, 3.05) is 25.1 Å². The Morgan fingerprint density at radius 2 is 1.94 bits per heavy atom. The predicted octanol–water partition coefficient (Wildman–Crippen LogP) is 2.79. The minimum Gasteiger partial charge on any atom is -0.480 e. The van der Waals surface area contributed by atoms with Crippen LogP contribution in [0.4, 0.5) is 5.95 Å². The lowest BCUT2D eigenvalue weighted by Gasteiger charge is -2.30. The maximum Gasteiger partial charge on any atom is 0.232 e. The van der Waals surface area contributed by atoms with Gasteiger partial charge in [0.1, 0.15) is 4.47 Å². The lowest BCUT2D eigenvalue weighted by molar-refractivity contribution is 0.390. The number of aryl methyl sites for hydroxylation is 1. The van der Waals surface area contributed by atoms with E-state index in [1.807, 2.05) is 6.92 Å². The molecule has 0 amide bonds. The summed E-state index contributed by atoms with van der Waals surface area (Å²) < 4.78 is 6.10. The smallest absolute Gasteiger partial charge is 0.232 e. The quantitative estimate of drug-likeness (QED) is 0.842. The zero-order chi connectivity index (χ0) is 12.4. The number of anilines is 1. The lowest BCUT2D eigenvalue weighted by atomic mass is 10.00. The van der Waals surface area contributed by atoms with E-state index in [-0.39, 0.29) is 0 Å². The molecule has 1 aromatic rings. The highest BCUT2D eigenvalue weighted by atomic mass is 79.9. The molecule has 1 saturated heterocycles. The number of rotatable bonds is 2. The first kappa shape index (κ1) is 12.6. The number of hydrogen-bond acceptors (Lipinski definition) is 4. The molecule has 0 aliphatic carbocycles. The number of hydrogen-bond donors (Lipinski definition) is 0. The van der Waals surface area contributed by atoms with Gasteiger partial charge in [-0.25, -0.2) is 4.98 Å². The minimum absolute atomic E-state index is 0.617. The topological polar surface area (TPSA) is 38.2 Å². The van der Waals surface area contributed by atoms with Gasteiger partial charge >= 0.3 is 0 Å². The maximum atomic E-state index is 5.25. The summed E-state index contributed by atoms with van der Waals surface area (Å²) in [5.41, 5.74) is 0.922. The normalized spacial score (nSPS) is 17.3. The summed E-state index contributed by atoms with van der Waals surface area (Å²) >= 11 is 3.44. The zero-order valence-corrected chi connectivity index (χ0v) is 12.1. The van der Waals surface area contributed by atoms with Gasteiger partial charge < -0.3 is 9.64 Å². The molecule has 0 atom stereocenters. The average Bonchev–Trinajstić information content (AvgIpc) is 2.33. The molecule has 1 aliphatic heterocycles. The summed E-state index contributed by atoms with van der Waals surface area (Å²) in [6.07, 6.45) is 2.42. The molecule has 94 valence electrons. The zero-order valence-electron chi connectivity index (χ0n) is 10.5. The Hall–Kier alpha value is -0.840. The van der Waals surface area contributed by atoms with E-state index in [9.17, 15) is 0 Å². The standard InChI is InChI=1S/C12H18BrN3O/c1-8-4-6-16(7-5-8)12-14-9(2)10(13)11(15-12)17-3/h8H,4-7H2,1-3H3. The highest BCUT2D eigenvalue weighted by Gasteiger charge is 2.20. The van der Waals surface area contributed by atoms with Crippen molar-refractivity contribution in [1.82, 2.24) is 9.97 Å². The summed E-state index contributed by atoms with van der Waals surface area (Å²) in [5, 5.41) is 0. The van der Waals surface area contributed by atoms with Crippen molar-refractivity contribution in [2.24, 2.45) is 5.92 Å². The molecule has 2 heterocycles. The highest BCUT2D eigenvalue weighted by Crippen LogP contribution is 2.28. The molecule has 1 aromatic heterocycles. The van der Waals surface area contributed by atoms with E-state index in [1.54, 1.807) is 7.11 Å². The third-order valence-corrected chi connectivity index (χ3v) is 4.15. The van der Waals surface area contributed by atoms with Gasteiger partial charge in [0.15, 0.2) is 0 Å². The van der Waals surface area contributed by atoms with Crippen molar-refractivity contribution in [1.29, 1.82) is 0 Å². The van der Waals surface area contributed by atoms with E-state index in [2.05, 4.69) is 37.7 Å². The summed E-state index contributed by atoms with van der Waals surface area (Å²) in [6, 6.07) is 0. The largest absolute Gasteiger partial charge is 0.480 e. The van der Waals surface area contributed by atoms with Gasteiger partial charge in [-0.3, -0.25) is 0 Å². The van der Waals surface area contributed by atoms with Crippen molar-refractivity contribution in [3.8, 4) is 5.88 Å². The second kappa shape index (κ2) is 5.21. The van der Waals surface area contributed by atoms with Gasteiger partial charge in [0.25, 0.3) is 0 Å². The number of halogens is 1. The lowest BCUT2D eigenvalue weighted by Crippen LogP contribution is -2.34. The SMILES string of the molecule is COc1nc(N2CCC(C)CC2)nc(C)c1Br. The first-order chi connectivity index (χ1) is 8.11. The second-order valence-electron chi connectivity index (χ2n) is 4.60. The van der Waals surface area contributed by atoms with Crippen molar-refractivity contribution >= 4 is 21.9 Å². The van der Waals surface area contributed by atoms with Crippen LogP contribution in [0.3, 0.4) is 0 Å². The van der Waals surface area contributed by atoms with E-state index >= 15 is 0 Å². The molecule has 1 fully saturated rings. The van der Waals surface area contributed by atoms with Crippen LogP contribution in [0, 0.1) is 12.8 Å². The van der Waals surface area contributed by atoms with Gasteiger partial charge in [0, 0.05) is 13.1 Å². The fourth-order valence-electron chi connectivity index (χ4n) is 2.00. The summed E-state index contributed by atoms with van der Waals surface area (Å²) in [6.45, 7) is 6.33. The van der Waals surface area contributed by atoms with Crippen LogP contribution < -0.4 is 9.64 Å². The number of ether oxygens (including phenoxy) is 1. The molecule has 1 aliphatic rings. The molecule has 0 spiro atoms. The van der Waals surface area contributed by atoms with Gasteiger partial charge in [0.2, 0.25) is 11.8 Å². The third kappa shape index (κ3) is 2.70. The Balaban J connectivity index is 2.24. The molecule has 0 unspecified atom stereocenters. The van der Waals surface area contributed by atoms with Crippen LogP contribution in [0.1, 0.15) is 25.5 Å². The minimum atomic E-state index is 0.617. The summed E-state index contributed by atoms with van der Waals surface area (Å²) in [4.78, 5) is 11.2. The number of nitrogens with zero attached hydrogens (tertiary/aromatic N) is 3. The summed E-state index contributed by atoms with van der Waals surface area (Å²) in [5.74, 6) is 2.21. The van der Waals surface area contributed by atoms with Crippen LogP contribution in [0.5, 0.6) is 5.88 Å². The van der Waals surface area contributed by atoms with Crippen molar-refractivity contribution in [3.05, 3.63) is 10.2 Å². The van der Waals surface area contributed by atoms with E-state index in [0.717, 1.165) is 35.1 Å². The van der Waals surface area contributed by atoms with Crippen molar-refractivity contribution in [3.63, 3.8) is 0 Å². The Bertz CT molecular complexity index is 403. The number of piperidine rings is 1. The summed E-state index contributed by atoms with van der Waals surface area (Å²) in [7, 11) is 1.63. The van der Waals surface area contributed by atoms with Crippen molar-refractivity contribution in [2.45, 2.75) is 26.7 Å². The molecule has 0 bridgehead atoms. The molecule has 0 aromatic carbocycles. The first-order valence-corrected chi connectivity index (χ1v) is 6.74. The molecule has 0 N–H and O–H groups in total. The van der Waals surface area contributed by atoms with Crippen LogP contribution in [0.15, 0.2) is 4.47 Å². The fraction of sp³-hybridized carbons (Fsp3) is 0.667. The molecule has 0 radical (unpaired) electrons. The van der Waals surface area contributed by atoms with E-state index in [1.165, 1.54) is 12.8 Å². The van der Waals surface area contributed by atoms with E-state index in [4.69, 9.17) is 4.74 Å². The van der Waals surface area contributed by atoms with Gasteiger partial charge in [-0.05, 0) is 41.6 Å². The predicted molar refractivity (Wildman–Crippen MR) is 71.6 cm³/mol. The Kier molecular flexibility index (Phi) is 3.86. The van der Waals surface area contributed by atoms with Gasteiger partial charge in [-0.15, -0.1) is 0 Å². The molecule has 2 rings (SSSR count). The van der Waals surface area contributed by atoms with Crippen molar-refractivity contribution < 1.29 is 4.74 Å². The number of aromatic nitrogens is 2. The monoisotopic (exact) mass is 299 g/mol. The second-order valence-corrected chi connectivity index (χ2v) is 5.39. The number of methoxy groups -OCH3 is 1. The molecule has 0 saturated carbocycles. The van der Waals surface area contributed by atoms with Gasteiger partial charge in [-0.2, -0.15) is 4.98 Å². The highest BCUT2D eigenvalue weighted by molar-refractivity contribution is 9.10. The Morgan fingerprint density at radius 3 is 2.53 bits per heavy atom. The Morgan fingerprint density at radius 1 is 1.29 bits per heavy atom. The average molecular weight is 300 g/mol. The maximum absolute atomic E-state index is 5.25. The molecule has 4 nitrogen and oxygen atoms in total. The van der Waals surface area contributed by atoms with Crippen LogP contribution >= 0.6 is 15.9 Å². The molecular weight excluding hydrogens is 282 g/mol. The molecule has 17 heavy (non-hydrogen) atoms. The molecular formula is C12H18BrN3O. The van der Waals surface area contributed by atoms with Crippen LogP contribution in [-0.2, 0) is 0 Å². The van der Waals surface area contributed by atoms with Gasteiger partial charge in [0.05, 0.1) is 12.8 Å². The fourth-order valence-corrected chi connectivity index (χ4v) is 2.34. The van der Waals surface area contributed by atoms with Crippen LogP contribution in [-0.4, -0.2) is 30.2 Å². The van der Waals surface area contributed by atoms with E-state index in [0.29, 0.717) is 5.88 Å². The van der Waals surface area contributed by atoms with Crippen LogP contribution in [0.25, 0.3) is 0 Å². The Labute approximate surface area is 111 Å². The third-order valence-electron chi connectivity index (χ3n) is 3.23. The molecule has 5 heteroatoms.